The minimum atomic E-state index is -3.37. The molecule has 3 aromatic carbocycles. The van der Waals surface area contributed by atoms with E-state index in [-0.39, 0.29) is 16.4 Å². The lowest BCUT2D eigenvalue weighted by Crippen LogP contribution is -2.12. The number of hydrogen-bond donors (Lipinski definition) is 1. The number of carbonyl (C=O) groups excluding carboxylic acids is 1. The second-order valence-electron chi connectivity index (χ2n) is 5.95. The van der Waals surface area contributed by atoms with E-state index in [0.717, 1.165) is 17.4 Å². The third-order valence-corrected chi connectivity index (χ3v) is 4.88. The number of hydrogen-bond acceptors (Lipinski definition) is 3. The Balaban J connectivity index is 1.79. The average Bonchev–Trinajstić information content (AvgIpc) is 2.67. The zero-order valence-electron chi connectivity index (χ0n) is 14.6. The van der Waals surface area contributed by atoms with Crippen molar-refractivity contribution in [2.75, 3.05) is 11.6 Å². The topological polar surface area (TPSA) is 63.2 Å². The van der Waals surface area contributed by atoms with Crippen molar-refractivity contribution in [2.24, 2.45) is 0 Å². The van der Waals surface area contributed by atoms with Crippen molar-refractivity contribution < 1.29 is 13.2 Å². The molecule has 5 heteroatoms. The number of nitrogens with one attached hydrogen (secondary N) is 1. The van der Waals surface area contributed by atoms with Gasteiger partial charge in [-0.15, -0.1) is 0 Å². The summed E-state index contributed by atoms with van der Waals surface area (Å²) >= 11 is 0. The van der Waals surface area contributed by atoms with Gasteiger partial charge < -0.3 is 5.32 Å². The first-order valence-corrected chi connectivity index (χ1v) is 10.1. The molecule has 134 valence electrons. The van der Waals surface area contributed by atoms with Gasteiger partial charge >= 0.3 is 0 Å². The van der Waals surface area contributed by atoms with Crippen LogP contribution in [0.3, 0.4) is 0 Å². The van der Waals surface area contributed by atoms with E-state index in [1.54, 1.807) is 30.3 Å². The van der Waals surface area contributed by atoms with Crippen molar-refractivity contribution in [2.45, 2.75) is 4.90 Å². The van der Waals surface area contributed by atoms with E-state index in [9.17, 15) is 13.2 Å². The molecular weight excluding hydrogens is 358 g/mol. The molecular formula is C22H17NO3S. The van der Waals surface area contributed by atoms with Crippen LogP contribution in [0.25, 0.3) is 0 Å². The van der Waals surface area contributed by atoms with Gasteiger partial charge in [0.1, 0.15) is 0 Å². The van der Waals surface area contributed by atoms with Gasteiger partial charge in [-0.2, -0.15) is 0 Å². The molecule has 1 amide bonds. The molecule has 3 aromatic rings. The quantitative estimate of drug-likeness (QED) is 0.709. The van der Waals surface area contributed by atoms with Gasteiger partial charge in [0.15, 0.2) is 9.84 Å². The van der Waals surface area contributed by atoms with Gasteiger partial charge in [-0.1, -0.05) is 42.2 Å². The molecule has 0 atom stereocenters. The lowest BCUT2D eigenvalue weighted by atomic mass is 10.1. The molecule has 0 saturated heterocycles. The van der Waals surface area contributed by atoms with Crippen LogP contribution in [-0.4, -0.2) is 20.6 Å². The minimum absolute atomic E-state index is 0.109. The largest absolute Gasteiger partial charge is 0.322 e. The highest BCUT2D eigenvalue weighted by atomic mass is 32.2. The van der Waals surface area contributed by atoms with Crippen LogP contribution < -0.4 is 5.32 Å². The number of carbonyl (C=O) groups is 1. The zero-order valence-corrected chi connectivity index (χ0v) is 15.5. The molecule has 1 N–H and O–H groups in total. The summed E-state index contributed by atoms with van der Waals surface area (Å²) in [5.74, 6) is 5.75. The van der Waals surface area contributed by atoms with E-state index < -0.39 is 9.84 Å². The predicted octanol–water partition coefficient (Wildman–Crippen LogP) is 3.74. The third kappa shape index (κ3) is 5.06. The zero-order chi connectivity index (χ0) is 19.3. The van der Waals surface area contributed by atoms with Crippen molar-refractivity contribution in [3.63, 3.8) is 0 Å². The van der Waals surface area contributed by atoms with Crippen molar-refractivity contribution in [1.82, 2.24) is 0 Å². The molecule has 0 aromatic heterocycles. The number of amides is 1. The van der Waals surface area contributed by atoms with E-state index in [1.165, 1.54) is 12.1 Å². The molecule has 0 bridgehead atoms. The predicted molar refractivity (Wildman–Crippen MR) is 106 cm³/mol. The summed E-state index contributed by atoms with van der Waals surface area (Å²) in [6.45, 7) is 0. The summed E-state index contributed by atoms with van der Waals surface area (Å²) in [7, 11) is -3.37. The molecule has 0 radical (unpaired) electrons. The van der Waals surface area contributed by atoms with Gasteiger partial charge in [0, 0.05) is 28.6 Å². The molecule has 0 spiro atoms. The molecule has 27 heavy (non-hydrogen) atoms. The second kappa shape index (κ2) is 7.90. The smallest absolute Gasteiger partial charge is 0.255 e. The molecule has 0 saturated carbocycles. The van der Waals surface area contributed by atoms with Gasteiger partial charge in [-0.3, -0.25) is 4.79 Å². The SMILES string of the molecule is CS(=O)(=O)c1cccc(C(=O)Nc2cccc(C#Cc3ccccc3)c2)c1. The second-order valence-corrected chi connectivity index (χ2v) is 7.97. The van der Waals surface area contributed by atoms with E-state index in [1.807, 2.05) is 36.4 Å². The summed E-state index contributed by atoms with van der Waals surface area (Å²) in [5, 5.41) is 2.77. The van der Waals surface area contributed by atoms with Crippen LogP contribution in [-0.2, 0) is 9.84 Å². The number of sulfone groups is 1. The Kier molecular flexibility index (Phi) is 5.39. The summed E-state index contributed by atoms with van der Waals surface area (Å²) < 4.78 is 23.3. The van der Waals surface area contributed by atoms with Gasteiger partial charge in [0.2, 0.25) is 0 Å². The van der Waals surface area contributed by atoms with Gasteiger partial charge in [0.25, 0.3) is 5.91 Å². The Labute approximate surface area is 158 Å². The first-order valence-electron chi connectivity index (χ1n) is 8.20. The van der Waals surface area contributed by atoms with Crippen LogP contribution in [0, 0.1) is 11.8 Å². The monoisotopic (exact) mass is 375 g/mol. The molecule has 4 nitrogen and oxygen atoms in total. The van der Waals surface area contributed by atoms with Crippen molar-refractivity contribution >= 4 is 21.4 Å². The van der Waals surface area contributed by atoms with Crippen LogP contribution in [0.5, 0.6) is 0 Å². The lowest BCUT2D eigenvalue weighted by molar-refractivity contribution is 0.102. The van der Waals surface area contributed by atoms with Crippen LogP contribution in [0.15, 0.2) is 83.8 Å². The normalized spacial score (nSPS) is 10.6. The highest BCUT2D eigenvalue weighted by molar-refractivity contribution is 7.90. The Morgan fingerprint density at radius 3 is 2.22 bits per heavy atom. The molecule has 0 fully saturated rings. The van der Waals surface area contributed by atoms with Gasteiger partial charge in [-0.25, -0.2) is 8.42 Å². The highest BCUT2D eigenvalue weighted by Crippen LogP contribution is 2.15. The van der Waals surface area contributed by atoms with E-state index in [4.69, 9.17) is 0 Å². The Morgan fingerprint density at radius 1 is 0.815 bits per heavy atom. The van der Waals surface area contributed by atoms with Crippen LogP contribution in [0.4, 0.5) is 5.69 Å². The van der Waals surface area contributed by atoms with Crippen molar-refractivity contribution in [3.8, 4) is 11.8 Å². The Bertz CT molecular complexity index is 1140. The van der Waals surface area contributed by atoms with Gasteiger partial charge in [0.05, 0.1) is 4.90 Å². The van der Waals surface area contributed by atoms with Crippen LogP contribution in [0.1, 0.15) is 21.5 Å². The molecule has 0 aliphatic heterocycles. The maximum atomic E-state index is 12.4. The van der Waals surface area contributed by atoms with Gasteiger partial charge in [-0.05, 0) is 48.5 Å². The van der Waals surface area contributed by atoms with E-state index in [2.05, 4.69) is 17.2 Å². The van der Waals surface area contributed by atoms with Crippen LogP contribution >= 0.6 is 0 Å². The number of rotatable bonds is 3. The first-order chi connectivity index (χ1) is 12.9. The van der Waals surface area contributed by atoms with Crippen LogP contribution in [0.2, 0.25) is 0 Å². The molecule has 0 aliphatic rings. The molecule has 0 aliphatic carbocycles. The fraction of sp³-hybridized carbons (Fsp3) is 0.0455. The Morgan fingerprint density at radius 2 is 1.48 bits per heavy atom. The number of benzene rings is 3. The lowest BCUT2D eigenvalue weighted by Gasteiger charge is -2.07. The summed E-state index contributed by atoms with van der Waals surface area (Å²) in [5.41, 5.74) is 2.54. The molecule has 3 rings (SSSR count). The maximum absolute atomic E-state index is 12.4. The average molecular weight is 375 g/mol. The fourth-order valence-corrected chi connectivity index (χ4v) is 3.08. The first kappa shape index (κ1) is 18.4. The Hall–Kier alpha value is -3.36. The summed E-state index contributed by atoms with van der Waals surface area (Å²) in [6, 6.07) is 22.8. The summed E-state index contributed by atoms with van der Waals surface area (Å²) in [6.07, 6.45) is 1.11. The van der Waals surface area contributed by atoms with E-state index >= 15 is 0 Å². The summed E-state index contributed by atoms with van der Waals surface area (Å²) in [4.78, 5) is 12.6. The standard InChI is InChI=1S/C22H17NO3S/c1-27(25,26)21-12-6-10-19(16-21)22(24)23-20-11-5-9-18(15-20)14-13-17-7-3-2-4-8-17/h2-12,15-16H,1H3,(H,23,24). The minimum Gasteiger partial charge on any atom is -0.322 e. The maximum Gasteiger partial charge on any atom is 0.255 e. The number of anilines is 1. The van der Waals surface area contributed by atoms with E-state index in [0.29, 0.717) is 5.69 Å². The van der Waals surface area contributed by atoms with Crippen molar-refractivity contribution in [3.05, 3.63) is 95.6 Å². The highest BCUT2D eigenvalue weighted by Gasteiger charge is 2.11. The molecule has 0 unspecified atom stereocenters. The van der Waals surface area contributed by atoms with Crippen molar-refractivity contribution in [1.29, 1.82) is 0 Å². The fourth-order valence-electron chi connectivity index (χ4n) is 2.41. The molecule has 0 heterocycles. The third-order valence-electron chi connectivity index (χ3n) is 3.77.